The normalized spacial score (nSPS) is 17.6. The summed E-state index contributed by atoms with van der Waals surface area (Å²) in [5, 5.41) is 3.62. The van der Waals surface area contributed by atoms with Gasteiger partial charge in [-0.25, -0.2) is 4.39 Å². The molecule has 0 radical (unpaired) electrons. The molecule has 1 aliphatic heterocycles. The van der Waals surface area contributed by atoms with Crippen molar-refractivity contribution in [2.24, 2.45) is 0 Å². The van der Waals surface area contributed by atoms with Gasteiger partial charge in [-0.05, 0) is 37.1 Å². The third kappa shape index (κ3) is 3.16. The molecule has 0 saturated carbocycles. The lowest BCUT2D eigenvalue weighted by atomic mass is 10.0. The van der Waals surface area contributed by atoms with Crippen LogP contribution in [0, 0.1) is 5.82 Å². The second kappa shape index (κ2) is 6.24. The van der Waals surface area contributed by atoms with Gasteiger partial charge in [0.25, 0.3) is 0 Å². The third-order valence-corrected chi connectivity index (χ3v) is 4.34. The van der Waals surface area contributed by atoms with Crippen LogP contribution < -0.4 is 10.1 Å². The van der Waals surface area contributed by atoms with Crippen molar-refractivity contribution in [3.05, 3.63) is 57.3 Å². The van der Waals surface area contributed by atoms with Gasteiger partial charge in [0.05, 0.1) is 23.4 Å². The van der Waals surface area contributed by atoms with E-state index in [-0.39, 0.29) is 11.9 Å². The minimum absolute atomic E-state index is 0.0231. The lowest BCUT2D eigenvalue weighted by molar-refractivity contribution is 0.316. The van der Waals surface area contributed by atoms with E-state index in [9.17, 15) is 4.39 Å². The number of rotatable bonds is 2. The van der Waals surface area contributed by atoms with Gasteiger partial charge in [-0.1, -0.05) is 39.7 Å². The number of para-hydroxylation sites is 1. The molecule has 5 heteroatoms. The van der Waals surface area contributed by atoms with Gasteiger partial charge >= 0.3 is 0 Å². The minimum Gasteiger partial charge on any atom is -0.493 e. The number of halogens is 3. The van der Waals surface area contributed by atoms with Gasteiger partial charge in [-0.15, -0.1) is 0 Å². The standard InChI is InChI=1S/C16H14BrClFNO/c17-10-6-7-11-14(5-2-8-21-15(11)9-10)20-16-12(18)3-1-4-13(16)19/h1,3-4,6-7,9,14,20H,2,5,8H2. The SMILES string of the molecule is Fc1cccc(Cl)c1NC1CCCOc2cc(Br)ccc21. The summed E-state index contributed by atoms with van der Waals surface area (Å²) in [7, 11) is 0. The number of ether oxygens (including phenoxy) is 1. The van der Waals surface area contributed by atoms with Gasteiger partial charge in [-0.2, -0.15) is 0 Å². The van der Waals surface area contributed by atoms with Gasteiger partial charge in [0.1, 0.15) is 11.6 Å². The van der Waals surface area contributed by atoms with Crippen LogP contribution in [-0.2, 0) is 0 Å². The first-order valence-corrected chi connectivity index (χ1v) is 7.95. The predicted octanol–water partition coefficient (Wildman–Crippen LogP) is 5.57. The molecule has 0 bridgehead atoms. The third-order valence-electron chi connectivity index (χ3n) is 3.53. The minimum atomic E-state index is -0.341. The van der Waals surface area contributed by atoms with E-state index in [1.165, 1.54) is 6.07 Å². The first kappa shape index (κ1) is 14.7. The van der Waals surface area contributed by atoms with Crippen molar-refractivity contribution in [1.29, 1.82) is 0 Å². The van der Waals surface area contributed by atoms with Crippen molar-refractivity contribution in [3.63, 3.8) is 0 Å². The Bertz CT molecular complexity index is 644. The molecule has 1 aliphatic rings. The fraction of sp³-hybridized carbons (Fsp3) is 0.250. The van der Waals surface area contributed by atoms with Crippen LogP contribution in [0.5, 0.6) is 5.75 Å². The van der Waals surface area contributed by atoms with Crippen molar-refractivity contribution >= 4 is 33.2 Å². The summed E-state index contributed by atoms with van der Waals surface area (Å²) in [6.07, 6.45) is 1.76. The van der Waals surface area contributed by atoms with Gasteiger partial charge in [0, 0.05) is 10.0 Å². The number of hydrogen-bond acceptors (Lipinski definition) is 2. The highest BCUT2D eigenvalue weighted by molar-refractivity contribution is 9.10. The number of hydrogen-bond donors (Lipinski definition) is 1. The Labute approximate surface area is 136 Å². The van der Waals surface area contributed by atoms with Crippen molar-refractivity contribution in [2.75, 3.05) is 11.9 Å². The highest BCUT2D eigenvalue weighted by Crippen LogP contribution is 2.37. The highest BCUT2D eigenvalue weighted by Gasteiger charge is 2.21. The Morgan fingerprint density at radius 3 is 2.95 bits per heavy atom. The fourth-order valence-electron chi connectivity index (χ4n) is 2.51. The molecule has 110 valence electrons. The molecule has 0 aromatic heterocycles. The first-order chi connectivity index (χ1) is 10.1. The van der Waals surface area contributed by atoms with Crippen LogP contribution in [-0.4, -0.2) is 6.61 Å². The molecule has 1 atom stereocenters. The molecule has 2 nitrogen and oxygen atoms in total. The Morgan fingerprint density at radius 1 is 1.29 bits per heavy atom. The lowest BCUT2D eigenvalue weighted by Gasteiger charge is -2.21. The molecular formula is C16H14BrClFNO. The van der Waals surface area contributed by atoms with Crippen molar-refractivity contribution in [1.82, 2.24) is 0 Å². The summed E-state index contributed by atoms with van der Waals surface area (Å²) >= 11 is 9.54. The topological polar surface area (TPSA) is 21.3 Å². The van der Waals surface area contributed by atoms with Crippen LogP contribution in [0.4, 0.5) is 10.1 Å². The first-order valence-electron chi connectivity index (χ1n) is 6.78. The molecule has 2 aromatic rings. The lowest BCUT2D eigenvalue weighted by Crippen LogP contribution is -2.11. The van der Waals surface area contributed by atoms with Gasteiger partial charge in [0.15, 0.2) is 0 Å². The average molecular weight is 371 g/mol. The summed E-state index contributed by atoms with van der Waals surface area (Å²) in [5.41, 5.74) is 1.37. The molecule has 1 N–H and O–H groups in total. The number of anilines is 1. The summed E-state index contributed by atoms with van der Waals surface area (Å²) in [4.78, 5) is 0. The van der Waals surface area contributed by atoms with Crippen LogP contribution in [0.15, 0.2) is 40.9 Å². The molecule has 0 spiro atoms. The average Bonchev–Trinajstić information content (AvgIpc) is 2.65. The van der Waals surface area contributed by atoms with Crippen molar-refractivity contribution in [2.45, 2.75) is 18.9 Å². The van der Waals surface area contributed by atoms with E-state index in [0.717, 1.165) is 28.6 Å². The zero-order valence-electron chi connectivity index (χ0n) is 11.2. The van der Waals surface area contributed by atoms with Crippen LogP contribution in [0.25, 0.3) is 0 Å². The zero-order valence-corrected chi connectivity index (χ0v) is 13.5. The van der Waals surface area contributed by atoms with E-state index >= 15 is 0 Å². The summed E-state index contributed by atoms with van der Waals surface area (Å²) in [6.45, 7) is 0.659. The van der Waals surface area contributed by atoms with Gasteiger partial charge in [0.2, 0.25) is 0 Å². The Kier molecular flexibility index (Phi) is 4.36. The second-order valence-electron chi connectivity index (χ2n) is 4.97. The van der Waals surface area contributed by atoms with E-state index < -0.39 is 0 Å². The molecule has 21 heavy (non-hydrogen) atoms. The van der Waals surface area contributed by atoms with E-state index in [0.29, 0.717) is 17.3 Å². The Balaban J connectivity index is 1.96. The molecule has 0 aliphatic carbocycles. The zero-order chi connectivity index (χ0) is 14.8. The molecule has 0 saturated heterocycles. The smallest absolute Gasteiger partial charge is 0.147 e. The number of nitrogens with one attached hydrogen (secondary N) is 1. The quantitative estimate of drug-likeness (QED) is 0.746. The largest absolute Gasteiger partial charge is 0.493 e. The number of benzene rings is 2. The number of fused-ring (bicyclic) bond motifs is 1. The molecule has 3 rings (SSSR count). The van der Waals surface area contributed by atoms with Crippen LogP contribution >= 0.6 is 27.5 Å². The Morgan fingerprint density at radius 2 is 2.14 bits per heavy atom. The van der Waals surface area contributed by atoms with E-state index in [2.05, 4.69) is 21.2 Å². The monoisotopic (exact) mass is 369 g/mol. The molecule has 1 unspecified atom stereocenters. The van der Waals surface area contributed by atoms with Crippen LogP contribution in [0.1, 0.15) is 24.4 Å². The molecule has 2 aromatic carbocycles. The van der Waals surface area contributed by atoms with E-state index in [1.807, 2.05) is 18.2 Å². The second-order valence-corrected chi connectivity index (χ2v) is 6.29. The highest BCUT2D eigenvalue weighted by atomic mass is 79.9. The fourth-order valence-corrected chi connectivity index (χ4v) is 3.06. The molecule has 0 fully saturated rings. The Hall–Kier alpha value is -1.26. The predicted molar refractivity (Wildman–Crippen MR) is 86.6 cm³/mol. The summed E-state index contributed by atoms with van der Waals surface area (Å²) in [6, 6.07) is 10.6. The van der Waals surface area contributed by atoms with Crippen molar-refractivity contribution in [3.8, 4) is 5.75 Å². The molecule has 0 amide bonds. The van der Waals surface area contributed by atoms with Crippen molar-refractivity contribution < 1.29 is 9.13 Å². The maximum atomic E-state index is 14.0. The maximum absolute atomic E-state index is 14.0. The van der Waals surface area contributed by atoms with E-state index in [4.69, 9.17) is 16.3 Å². The molecule has 1 heterocycles. The summed E-state index contributed by atoms with van der Waals surface area (Å²) in [5.74, 6) is 0.484. The summed E-state index contributed by atoms with van der Waals surface area (Å²) < 4.78 is 20.7. The molecular weight excluding hydrogens is 357 g/mol. The van der Waals surface area contributed by atoms with Gasteiger partial charge < -0.3 is 10.1 Å². The van der Waals surface area contributed by atoms with Crippen LogP contribution in [0.3, 0.4) is 0 Å². The van der Waals surface area contributed by atoms with E-state index in [1.54, 1.807) is 12.1 Å². The van der Waals surface area contributed by atoms with Crippen LogP contribution in [0.2, 0.25) is 5.02 Å². The van der Waals surface area contributed by atoms with Gasteiger partial charge in [-0.3, -0.25) is 0 Å². The maximum Gasteiger partial charge on any atom is 0.147 e.